The van der Waals surface area contributed by atoms with Crippen molar-refractivity contribution in [1.82, 2.24) is 0 Å². The van der Waals surface area contributed by atoms with E-state index in [4.69, 9.17) is 0 Å². The molecule has 1 nitrogen and oxygen atoms in total. The fourth-order valence-corrected chi connectivity index (χ4v) is 1.10. The SMILES string of the molecule is Cc1ccc(F)c(C(=O)C(F)(F)Cl)c1F. The molecule has 0 unspecified atom stereocenters. The van der Waals surface area contributed by atoms with Crippen LogP contribution in [0.2, 0.25) is 0 Å². The van der Waals surface area contributed by atoms with Crippen molar-refractivity contribution < 1.29 is 22.4 Å². The van der Waals surface area contributed by atoms with Gasteiger partial charge in [-0.1, -0.05) is 6.07 Å². The highest BCUT2D eigenvalue weighted by Gasteiger charge is 2.40. The van der Waals surface area contributed by atoms with Crippen LogP contribution in [-0.2, 0) is 0 Å². The molecule has 82 valence electrons. The number of hydrogen-bond donors (Lipinski definition) is 0. The number of carbonyl (C=O) groups is 1. The van der Waals surface area contributed by atoms with Crippen LogP contribution in [0.15, 0.2) is 12.1 Å². The van der Waals surface area contributed by atoms with Crippen LogP contribution in [0.1, 0.15) is 15.9 Å². The van der Waals surface area contributed by atoms with Crippen molar-refractivity contribution in [3.8, 4) is 0 Å². The number of alkyl halides is 3. The fourth-order valence-electron chi connectivity index (χ4n) is 1.01. The van der Waals surface area contributed by atoms with Gasteiger partial charge >= 0.3 is 5.38 Å². The second-order valence-corrected chi connectivity index (χ2v) is 3.35. The second kappa shape index (κ2) is 3.81. The van der Waals surface area contributed by atoms with E-state index in [9.17, 15) is 22.4 Å². The molecule has 0 N–H and O–H groups in total. The van der Waals surface area contributed by atoms with Gasteiger partial charge < -0.3 is 0 Å². The maximum absolute atomic E-state index is 13.2. The minimum absolute atomic E-state index is 0.110. The molecule has 0 saturated carbocycles. The lowest BCUT2D eigenvalue weighted by molar-refractivity contribution is 0.0526. The van der Waals surface area contributed by atoms with Gasteiger partial charge in [-0.05, 0) is 30.2 Å². The normalized spacial score (nSPS) is 11.6. The lowest BCUT2D eigenvalue weighted by Crippen LogP contribution is -2.24. The van der Waals surface area contributed by atoms with E-state index in [2.05, 4.69) is 11.6 Å². The molecule has 0 saturated heterocycles. The molecule has 0 radical (unpaired) electrons. The third-order valence-electron chi connectivity index (χ3n) is 1.77. The standard InChI is InChI=1S/C9H5ClF4O/c1-4-2-3-5(11)6(7(4)12)8(15)9(10,13)14/h2-3H,1H3. The first-order valence-electron chi connectivity index (χ1n) is 3.81. The van der Waals surface area contributed by atoms with E-state index in [1.165, 1.54) is 6.92 Å². The molecule has 0 aliphatic carbocycles. The summed E-state index contributed by atoms with van der Waals surface area (Å²) in [6.45, 7) is 1.22. The molecule has 0 aliphatic heterocycles. The van der Waals surface area contributed by atoms with E-state index in [-0.39, 0.29) is 5.56 Å². The molecule has 0 aliphatic rings. The molecule has 0 atom stereocenters. The van der Waals surface area contributed by atoms with E-state index in [0.717, 1.165) is 12.1 Å². The fraction of sp³-hybridized carbons (Fsp3) is 0.222. The van der Waals surface area contributed by atoms with Crippen LogP contribution in [-0.4, -0.2) is 11.2 Å². The summed E-state index contributed by atoms with van der Waals surface area (Å²) in [6, 6.07) is 1.77. The Morgan fingerprint density at radius 2 is 1.87 bits per heavy atom. The maximum Gasteiger partial charge on any atom is 0.385 e. The zero-order valence-corrected chi connectivity index (χ0v) is 8.21. The predicted octanol–water partition coefficient (Wildman–Crippen LogP) is 3.29. The highest BCUT2D eigenvalue weighted by molar-refractivity contribution is 6.35. The smallest absolute Gasteiger partial charge is 0.286 e. The van der Waals surface area contributed by atoms with E-state index >= 15 is 0 Å². The second-order valence-electron chi connectivity index (χ2n) is 2.88. The molecule has 1 aromatic carbocycles. The Hall–Kier alpha value is -1.10. The molecule has 0 bridgehead atoms. The highest BCUT2D eigenvalue weighted by atomic mass is 35.5. The molecule has 0 spiro atoms. The number of aryl methyl sites for hydroxylation is 1. The Kier molecular flexibility index (Phi) is 3.04. The van der Waals surface area contributed by atoms with Crippen molar-refractivity contribution in [2.75, 3.05) is 0 Å². The van der Waals surface area contributed by atoms with Gasteiger partial charge in [-0.15, -0.1) is 0 Å². The molecule has 1 rings (SSSR count). The molecule has 6 heteroatoms. The van der Waals surface area contributed by atoms with Crippen molar-refractivity contribution in [3.05, 3.63) is 34.9 Å². The molecular weight excluding hydrogens is 236 g/mol. The Morgan fingerprint density at radius 1 is 1.33 bits per heavy atom. The summed E-state index contributed by atoms with van der Waals surface area (Å²) in [6.07, 6.45) is 0. The van der Waals surface area contributed by atoms with Gasteiger partial charge in [0, 0.05) is 0 Å². The minimum Gasteiger partial charge on any atom is -0.286 e. The van der Waals surface area contributed by atoms with Gasteiger partial charge in [-0.25, -0.2) is 8.78 Å². The first-order chi connectivity index (χ1) is 6.75. The lowest BCUT2D eigenvalue weighted by Gasteiger charge is -2.09. The minimum atomic E-state index is -4.31. The molecular formula is C9H5ClF4O. The van der Waals surface area contributed by atoms with Crippen LogP contribution < -0.4 is 0 Å². The lowest BCUT2D eigenvalue weighted by atomic mass is 10.1. The van der Waals surface area contributed by atoms with E-state index < -0.39 is 28.4 Å². The number of rotatable bonds is 2. The number of Topliss-reactive ketones (excluding diaryl/α,β-unsaturated/α-hetero) is 1. The molecule has 0 heterocycles. The quantitative estimate of drug-likeness (QED) is 0.440. The van der Waals surface area contributed by atoms with Gasteiger partial charge in [-0.2, -0.15) is 8.78 Å². The van der Waals surface area contributed by atoms with Gasteiger partial charge in [-0.3, -0.25) is 4.79 Å². The summed E-state index contributed by atoms with van der Waals surface area (Å²) < 4.78 is 50.9. The van der Waals surface area contributed by atoms with Crippen molar-refractivity contribution in [3.63, 3.8) is 0 Å². The average molecular weight is 241 g/mol. The summed E-state index contributed by atoms with van der Waals surface area (Å²) in [5.41, 5.74) is -1.42. The largest absolute Gasteiger partial charge is 0.385 e. The Morgan fingerprint density at radius 3 is 2.33 bits per heavy atom. The van der Waals surface area contributed by atoms with Gasteiger partial charge in [0.15, 0.2) is 0 Å². The zero-order chi connectivity index (χ0) is 11.8. The first kappa shape index (κ1) is 12.0. The van der Waals surface area contributed by atoms with E-state index in [0.29, 0.717) is 0 Å². The molecule has 15 heavy (non-hydrogen) atoms. The van der Waals surface area contributed by atoms with Crippen LogP contribution in [0, 0.1) is 18.6 Å². The molecule has 0 aromatic heterocycles. The van der Waals surface area contributed by atoms with Crippen LogP contribution in [0.4, 0.5) is 17.6 Å². The average Bonchev–Trinajstić information content (AvgIpc) is 2.10. The molecule has 0 fully saturated rings. The third-order valence-corrected chi connectivity index (χ3v) is 1.94. The Balaban J connectivity index is 3.38. The molecule has 1 aromatic rings. The summed E-state index contributed by atoms with van der Waals surface area (Å²) in [5, 5.41) is -4.31. The Labute approximate surface area is 87.7 Å². The summed E-state index contributed by atoms with van der Waals surface area (Å²) in [4.78, 5) is 10.9. The predicted molar refractivity (Wildman–Crippen MR) is 46.2 cm³/mol. The number of hydrogen-bond acceptors (Lipinski definition) is 1. The van der Waals surface area contributed by atoms with Crippen molar-refractivity contribution in [2.24, 2.45) is 0 Å². The number of carbonyl (C=O) groups excluding carboxylic acids is 1. The zero-order valence-electron chi connectivity index (χ0n) is 7.45. The topological polar surface area (TPSA) is 17.1 Å². The summed E-state index contributed by atoms with van der Waals surface area (Å²) >= 11 is 4.40. The van der Waals surface area contributed by atoms with Crippen LogP contribution in [0.5, 0.6) is 0 Å². The van der Waals surface area contributed by atoms with Gasteiger partial charge in [0.25, 0.3) is 5.78 Å². The van der Waals surface area contributed by atoms with Crippen molar-refractivity contribution >= 4 is 17.4 Å². The van der Waals surface area contributed by atoms with Crippen molar-refractivity contribution in [2.45, 2.75) is 12.3 Å². The summed E-state index contributed by atoms with van der Waals surface area (Å²) in [7, 11) is 0. The third kappa shape index (κ3) is 2.28. The first-order valence-corrected chi connectivity index (χ1v) is 4.19. The monoisotopic (exact) mass is 240 g/mol. The van der Waals surface area contributed by atoms with Gasteiger partial charge in [0.1, 0.15) is 11.6 Å². The van der Waals surface area contributed by atoms with Gasteiger partial charge in [0.2, 0.25) is 0 Å². The van der Waals surface area contributed by atoms with Crippen molar-refractivity contribution in [1.29, 1.82) is 0 Å². The van der Waals surface area contributed by atoms with Gasteiger partial charge in [0.05, 0.1) is 5.56 Å². The van der Waals surface area contributed by atoms with Crippen LogP contribution >= 0.6 is 11.6 Å². The Bertz CT molecular complexity index is 411. The van der Waals surface area contributed by atoms with E-state index in [1.54, 1.807) is 0 Å². The molecule has 0 amide bonds. The van der Waals surface area contributed by atoms with Crippen LogP contribution in [0.3, 0.4) is 0 Å². The number of halogens is 5. The maximum atomic E-state index is 13.2. The summed E-state index contributed by atoms with van der Waals surface area (Å²) in [5.74, 6) is -4.76. The number of ketones is 1. The van der Waals surface area contributed by atoms with E-state index in [1.807, 2.05) is 0 Å². The van der Waals surface area contributed by atoms with Crippen LogP contribution in [0.25, 0.3) is 0 Å². The highest BCUT2D eigenvalue weighted by Crippen LogP contribution is 2.28. The number of benzene rings is 1.